The maximum atomic E-state index is 10.6. The maximum absolute atomic E-state index is 10.6. The Labute approximate surface area is 52.7 Å². The first-order valence-electron chi connectivity index (χ1n) is 2.66. The second kappa shape index (κ2) is 2.01. The van der Waals surface area contributed by atoms with Crippen LogP contribution in [0.15, 0.2) is 17.0 Å². The molecule has 1 aliphatic heterocycles. The van der Waals surface area contributed by atoms with E-state index in [0.717, 1.165) is 5.71 Å². The highest BCUT2D eigenvalue weighted by Gasteiger charge is 2.12. The molecule has 0 amide bonds. The van der Waals surface area contributed by atoms with E-state index >= 15 is 0 Å². The Balaban J connectivity index is 2.86. The van der Waals surface area contributed by atoms with Gasteiger partial charge in [0.25, 0.3) is 0 Å². The summed E-state index contributed by atoms with van der Waals surface area (Å²) in [6, 6.07) is 0. The lowest BCUT2D eigenvalue weighted by Crippen LogP contribution is -2.10. The Kier molecular flexibility index (Phi) is 1.34. The molecule has 0 fully saturated rings. The highest BCUT2D eigenvalue weighted by atomic mass is 16.3. The third-order valence-electron chi connectivity index (χ3n) is 1.11. The predicted octanol–water partition coefficient (Wildman–Crippen LogP) is 0.820. The first-order valence-corrected chi connectivity index (χ1v) is 2.66. The predicted molar refractivity (Wildman–Crippen MR) is 33.4 cm³/mol. The molecule has 0 saturated carbocycles. The molecule has 0 aliphatic carbocycles. The van der Waals surface area contributed by atoms with Gasteiger partial charge in [-0.25, -0.2) is 0 Å². The number of aliphatic hydroxyl groups is 1. The van der Waals surface area contributed by atoms with Crippen LogP contribution in [0.5, 0.6) is 0 Å². The zero-order valence-electron chi connectivity index (χ0n) is 5.09. The fraction of sp³-hybridized carbons (Fsp3) is 0.333. The van der Waals surface area contributed by atoms with Gasteiger partial charge >= 0.3 is 0 Å². The monoisotopic (exact) mass is 125 g/mol. The van der Waals surface area contributed by atoms with Crippen LogP contribution < -0.4 is 0 Å². The Morgan fingerprint density at radius 1 is 1.78 bits per heavy atom. The molecule has 9 heavy (non-hydrogen) atoms. The van der Waals surface area contributed by atoms with Gasteiger partial charge in [0, 0.05) is 5.71 Å². The summed E-state index contributed by atoms with van der Waals surface area (Å²) in [4.78, 5) is 14.4. The van der Waals surface area contributed by atoms with Crippen molar-refractivity contribution in [1.29, 1.82) is 0 Å². The maximum Gasteiger partial charge on any atom is 0.204 e. The van der Waals surface area contributed by atoms with Gasteiger partial charge in [0.1, 0.15) is 0 Å². The molecule has 3 heteroatoms. The van der Waals surface area contributed by atoms with Crippen molar-refractivity contribution in [2.24, 2.45) is 4.99 Å². The number of carbonyl (C=O) groups is 1. The molecule has 0 aromatic heterocycles. The summed E-state index contributed by atoms with van der Waals surface area (Å²) in [5.74, 6) is -0.483. The highest BCUT2D eigenvalue weighted by Crippen LogP contribution is 2.04. The lowest BCUT2D eigenvalue weighted by atomic mass is 10.1. The summed E-state index contributed by atoms with van der Waals surface area (Å²) in [7, 11) is 0. The number of hydrogen-bond acceptors (Lipinski definition) is 3. The van der Waals surface area contributed by atoms with E-state index in [4.69, 9.17) is 5.11 Å². The van der Waals surface area contributed by atoms with Gasteiger partial charge in [-0.3, -0.25) is 9.79 Å². The number of hydrogen-bond donors (Lipinski definition) is 1. The molecule has 0 aromatic rings. The SMILES string of the molecule is CC1=NC=C(O)C(=O)C1. The first-order chi connectivity index (χ1) is 4.20. The molecule has 0 aromatic carbocycles. The number of Topliss-reactive ketones (excluding diaryl/α,β-unsaturated/α-hetero) is 1. The first kappa shape index (κ1) is 6.01. The van der Waals surface area contributed by atoms with E-state index in [0.29, 0.717) is 0 Å². The highest BCUT2D eigenvalue weighted by molar-refractivity contribution is 6.09. The topological polar surface area (TPSA) is 49.7 Å². The number of rotatable bonds is 0. The molecular weight excluding hydrogens is 118 g/mol. The molecule has 1 aliphatic rings. The van der Waals surface area contributed by atoms with Crippen LogP contribution >= 0.6 is 0 Å². The second-order valence-electron chi connectivity index (χ2n) is 1.98. The van der Waals surface area contributed by atoms with Crippen LogP contribution in [0.1, 0.15) is 13.3 Å². The summed E-state index contributed by atoms with van der Waals surface area (Å²) in [5, 5.41) is 8.70. The summed E-state index contributed by atoms with van der Waals surface area (Å²) < 4.78 is 0. The third kappa shape index (κ3) is 1.16. The van der Waals surface area contributed by atoms with Gasteiger partial charge in [0.15, 0.2) is 5.76 Å². The van der Waals surface area contributed by atoms with Gasteiger partial charge in [-0.05, 0) is 6.92 Å². The van der Waals surface area contributed by atoms with Gasteiger partial charge in [-0.15, -0.1) is 0 Å². The summed E-state index contributed by atoms with van der Waals surface area (Å²) in [6.45, 7) is 1.75. The molecule has 0 radical (unpaired) electrons. The van der Waals surface area contributed by atoms with Crippen molar-refractivity contribution in [3.05, 3.63) is 12.0 Å². The van der Waals surface area contributed by atoms with Crippen molar-refractivity contribution < 1.29 is 9.90 Å². The van der Waals surface area contributed by atoms with E-state index in [9.17, 15) is 4.79 Å². The van der Waals surface area contributed by atoms with Crippen LogP contribution in [-0.2, 0) is 4.79 Å². The Morgan fingerprint density at radius 2 is 2.44 bits per heavy atom. The van der Waals surface area contributed by atoms with Gasteiger partial charge in [-0.1, -0.05) is 0 Å². The van der Waals surface area contributed by atoms with E-state index < -0.39 is 0 Å². The van der Waals surface area contributed by atoms with Gasteiger partial charge in [-0.2, -0.15) is 0 Å². The van der Waals surface area contributed by atoms with Crippen LogP contribution in [0.25, 0.3) is 0 Å². The number of aliphatic hydroxyl groups excluding tert-OH is 1. The zero-order valence-corrected chi connectivity index (χ0v) is 5.09. The van der Waals surface area contributed by atoms with Crippen molar-refractivity contribution in [3.8, 4) is 0 Å². The minimum absolute atomic E-state index is 0.236. The zero-order chi connectivity index (χ0) is 6.85. The normalized spacial score (nSPS) is 19.0. The van der Waals surface area contributed by atoms with Gasteiger partial charge < -0.3 is 5.11 Å². The molecule has 1 heterocycles. The smallest absolute Gasteiger partial charge is 0.204 e. The van der Waals surface area contributed by atoms with Crippen LogP contribution in [0.2, 0.25) is 0 Å². The molecule has 0 saturated heterocycles. The van der Waals surface area contributed by atoms with Crippen LogP contribution in [-0.4, -0.2) is 16.6 Å². The molecule has 0 atom stereocenters. The van der Waals surface area contributed by atoms with Crippen molar-refractivity contribution in [2.75, 3.05) is 0 Å². The fourth-order valence-electron chi connectivity index (χ4n) is 0.612. The lowest BCUT2D eigenvalue weighted by molar-refractivity contribution is -0.117. The van der Waals surface area contributed by atoms with E-state index in [1.54, 1.807) is 6.92 Å². The van der Waals surface area contributed by atoms with Crippen molar-refractivity contribution in [3.63, 3.8) is 0 Å². The van der Waals surface area contributed by atoms with Gasteiger partial charge in [0.2, 0.25) is 5.78 Å². The van der Waals surface area contributed by atoms with Crippen molar-refractivity contribution in [1.82, 2.24) is 0 Å². The van der Waals surface area contributed by atoms with Crippen LogP contribution in [0.3, 0.4) is 0 Å². The number of nitrogens with zero attached hydrogens (tertiary/aromatic N) is 1. The minimum atomic E-state index is -0.248. The molecule has 0 unspecified atom stereocenters. The molecular formula is C6H7NO2. The number of aliphatic imine (C=N–C) groups is 1. The summed E-state index contributed by atoms with van der Waals surface area (Å²) in [5.41, 5.74) is 0.748. The lowest BCUT2D eigenvalue weighted by Gasteiger charge is -2.02. The molecule has 1 rings (SSSR count). The molecule has 48 valence electrons. The van der Waals surface area contributed by atoms with E-state index in [2.05, 4.69) is 4.99 Å². The average molecular weight is 125 g/mol. The van der Waals surface area contributed by atoms with Gasteiger partial charge in [0.05, 0.1) is 12.6 Å². The van der Waals surface area contributed by atoms with E-state index in [1.165, 1.54) is 6.20 Å². The van der Waals surface area contributed by atoms with Crippen LogP contribution in [0.4, 0.5) is 0 Å². The van der Waals surface area contributed by atoms with E-state index in [-0.39, 0.29) is 18.0 Å². The minimum Gasteiger partial charge on any atom is -0.503 e. The Morgan fingerprint density at radius 3 is 2.89 bits per heavy atom. The number of carbonyl (C=O) groups excluding carboxylic acids is 1. The largest absolute Gasteiger partial charge is 0.503 e. The molecule has 1 N–H and O–H groups in total. The van der Waals surface area contributed by atoms with E-state index in [1.807, 2.05) is 0 Å². The van der Waals surface area contributed by atoms with Crippen LogP contribution in [0, 0.1) is 0 Å². The quantitative estimate of drug-likeness (QED) is 0.521. The number of allylic oxidation sites excluding steroid dienone is 1. The second-order valence-corrected chi connectivity index (χ2v) is 1.98. The third-order valence-corrected chi connectivity index (χ3v) is 1.11. The molecule has 0 bridgehead atoms. The van der Waals surface area contributed by atoms with Crippen molar-refractivity contribution in [2.45, 2.75) is 13.3 Å². The Hall–Kier alpha value is -1.12. The average Bonchev–Trinajstić information content (AvgIpc) is 1.80. The standard InChI is InChI=1S/C6H7NO2/c1-4-2-5(8)6(9)3-7-4/h3,9H,2H2,1H3. The number of ketones is 1. The summed E-state index contributed by atoms with van der Waals surface area (Å²) in [6.07, 6.45) is 1.43. The Bertz CT molecular complexity index is 203. The van der Waals surface area contributed by atoms with Crippen molar-refractivity contribution >= 4 is 11.5 Å². The molecule has 0 spiro atoms. The fourth-order valence-corrected chi connectivity index (χ4v) is 0.612. The molecule has 3 nitrogen and oxygen atoms in total. The summed E-state index contributed by atoms with van der Waals surface area (Å²) >= 11 is 0.